The Hall–Kier alpha value is -0.880. The van der Waals surface area contributed by atoms with E-state index in [0.717, 1.165) is 38.3 Å². The lowest BCUT2D eigenvalue weighted by atomic mass is 10.2. The van der Waals surface area contributed by atoms with Crippen LogP contribution in [0.2, 0.25) is 5.02 Å². The summed E-state index contributed by atoms with van der Waals surface area (Å²) in [5, 5.41) is 14.1. The highest BCUT2D eigenvalue weighted by molar-refractivity contribution is 6.32. The second kappa shape index (κ2) is 6.89. The van der Waals surface area contributed by atoms with Crippen LogP contribution in [0.3, 0.4) is 0 Å². The molecule has 1 N–H and O–H groups in total. The second-order valence-electron chi connectivity index (χ2n) is 4.07. The topological polar surface area (TPSA) is 58.4 Å². The van der Waals surface area contributed by atoms with Crippen molar-refractivity contribution in [1.82, 2.24) is 10.2 Å². The third kappa shape index (κ3) is 3.81. The first-order valence-corrected chi connectivity index (χ1v) is 5.90. The standard InChI is InChI=1S/C11H14ClN3O2.ClH/c12-10-7-9(1-2-11(10)15(16)17)8-14-5-3-13-4-6-14;/h1-2,7,13H,3-6,8H2;1H. The molecular weight excluding hydrogens is 277 g/mol. The number of piperazine rings is 1. The molecule has 1 heterocycles. The molecule has 0 amide bonds. The molecule has 7 heteroatoms. The minimum absolute atomic E-state index is 0. The van der Waals surface area contributed by atoms with E-state index in [2.05, 4.69) is 10.2 Å². The summed E-state index contributed by atoms with van der Waals surface area (Å²) in [5.74, 6) is 0. The number of nitrogens with one attached hydrogen (secondary N) is 1. The number of benzene rings is 1. The summed E-state index contributed by atoms with van der Waals surface area (Å²) in [4.78, 5) is 12.5. The van der Waals surface area contributed by atoms with E-state index in [1.165, 1.54) is 6.07 Å². The zero-order valence-electron chi connectivity index (χ0n) is 9.76. The fraction of sp³-hybridized carbons (Fsp3) is 0.455. The third-order valence-electron chi connectivity index (χ3n) is 2.82. The quantitative estimate of drug-likeness (QED) is 0.684. The van der Waals surface area contributed by atoms with E-state index >= 15 is 0 Å². The fourth-order valence-electron chi connectivity index (χ4n) is 1.92. The van der Waals surface area contributed by atoms with Crippen molar-refractivity contribution < 1.29 is 4.92 Å². The molecule has 0 unspecified atom stereocenters. The van der Waals surface area contributed by atoms with E-state index in [1.807, 2.05) is 0 Å². The number of nitrogens with zero attached hydrogens (tertiary/aromatic N) is 2. The van der Waals surface area contributed by atoms with Gasteiger partial charge in [0.2, 0.25) is 0 Å². The Labute approximate surface area is 117 Å². The van der Waals surface area contributed by atoms with Gasteiger partial charge in [-0.05, 0) is 11.6 Å². The molecule has 0 radical (unpaired) electrons. The van der Waals surface area contributed by atoms with Crippen LogP contribution in [0.1, 0.15) is 5.56 Å². The number of nitro benzene ring substituents is 1. The number of hydrogen-bond donors (Lipinski definition) is 1. The molecule has 1 aromatic rings. The average molecular weight is 292 g/mol. The van der Waals surface area contributed by atoms with Gasteiger partial charge >= 0.3 is 0 Å². The van der Waals surface area contributed by atoms with Gasteiger partial charge in [0.25, 0.3) is 5.69 Å². The molecule has 100 valence electrons. The van der Waals surface area contributed by atoms with E-state index < -0.39 is 4.92 Å². The second-order valence-corrected chi connectivity index (χ2v) is 4.48. The molecule has 1 aliphatic rings. The molecule has 1 aliphatic heterocycles. The Kier molecular flexibility index (Phi) is 5.81. The zero-order chi connectivity index (χ0) is 12.3. The van der Waals surface area contributed by atoms with Gasteiger partial charge in [0.1, 0.15) is 5.02 Å². The minimum Gasteiger partial charge on any atom is -0.314 e. The van der Waals surface area contributed by atoms with Crippen LogP contribution in [-0.4, -0.2) is 36.0 Å². The van der Waals surface area contributed by atoms with Crippen LogP contribution in [0.25, 0.3) is 0 Å². The van der Waals surface area contributed by atoms with Crippen molar-refractivity contribution in [2.75, 3.05) is 26.2 Å². The predicted molar refractivity (Wildman–Crippen MR) is 73.5 cm³/mol. The largest absolute Gasteiger partial charge is 0.314 e. The van der Waals surface area contributed by atoms with Gasteiger partial charge in [0.15, 0.2) is 0 Å². The molecule has 1 saturated heterocycles. The van der Waals surface area contributed by atoms with Gasteiger partial charge in [0, 0.05) is 38.8 Å². The molecule has 0 saturated carbocycles. The maximum absolute atomic E-state index is 10.6. The van der Waals surface area contributed by atoms with Gasteiger partial charge < -0.3 is 5.32 Å². The van der Waals surface area contributed by atoms with Crippen LogP contribution >= 0.6 is 24.0 Å². The van der Waals surface area contributed by atoms with Crippen molar-refractivity contribution in [2.45, 2.75) is 6.54 Å². The van der Waals surface area contributed by atoms with Crippen LogP contribution < -0.4 is 5.32 Å². The summed E-state index contributed by atoms with van der Waals surface area (Å²) in [6.07, 6.45) is 0. The molecule has 0 atom stereocenters. The van der Waals surface area contributed by atoms with E-state index in [9.17, 15) is 10.1 Å². The van der Waals surface area contributed by atoms with Gasteiger partial charge in [0.05, 0.1) is 4.92 Å². The highest BCUT2D eigenvalue weighted by Crippen LogP contribution is 2.25. The third-order valence-corrected chi connectivity index (χ3v) is 3.13. The smallest absolute Gasteiger partial charge is 0.287 e. The van der Waals surface area contributed by atoms with Crippen LogP contribution in [0, 0.1) is 10.1 Å². The van der Waals surface area contributed by atoms with Crippen molar-refractivity contribution in [2.24, 2.45) is 0 Å². The first kappa shape index (κ1) is 15.2. The minimum atomic E-state index is -0.461. The summed E-state index contributed by atoms with van der Waals surface area (Å²) in [6.45, 7) is 4.75. The van der Waals surface area contributed by atoms with Gasteiger partial charge in [-0.3, -0.25) is 15.0 Å². The molecular formula is C11H15Cl2N3O2. The van der Waals surface area contributed by atoms with Crippen molar-refractivity contribution in [3.05, 3.63) is 38.9 Å². The first-order chi connectivity index (χ1) is 8.16. The number of hydrogen-bond acceptors (Lipinski definition) is 4. The van der Waals surface area contributed by atoms with Crippen LogP contribution in [0.15, 0.2) is 18.2 Å². The molecule has 0 bridgehead atoms. The maximum Gasteiger partial charge on any atom is 0.287 e. The Balaban J connectivity index is 0.00000162. The molecule has 2 rings (SSSR count). The lowest BCUT2D eigenvalue weighted by Gasteiger charge is -2.27. The van der Waals surface area contributed by atoms with Gasteiger partial charge in [-0.1, -0.05) is 17.7 Å². The number of halogens is 2. The number of nitro groups is 1. The zero-order valence-corrected chi connectivity index (χ0v) is 11.3. The SMILES string of the molecule is Cl.O=[N+]([O-])c1ccc(CN2CCNCC2)cc1Cl. The summed E-state index contributed by atoms with van der Waals surface area (Å²) < 4.78 is 0. The van der Waals surface area contributed by atoms with Crippen molar-refractivity contribution in [3.8, 4) is 0 Å². The lowest BCUT2D eigenvalue weighted by molar-refractivity contribution is -0.384. The molecule has 0 aromatic heterocycles. The summed E-state index contributed by atoms with van der Waals surface area (Å²) in [5.41, 5.74) is 0.984. The van der Waals surface area contributed by atoms with Crippen molar-refractivity contribution in [3.63, 3.8) is 0 Å². The van der Waals surface area contributed by atoms with Gasteiger partial charge in [-0.2, -0.15) is 0 Å². The summed E-state index contributed by atoms with van der Waals surface area (Å²) in [7, 11) is 0. The molecule has 0 spiro atoms. The van der Waals surface area contributed by atoms with Crippen LogP contribution in [-0.2, 0) is 6.54 Å². The fourth-order valence-corrected chi connectivity index (χ4v) is 2.20. The highest BCUT2D eigenvalue weighted by atomic mass is 35.5. The van der Waals surface area contributed by atoms with E-state index in [0.29, 0.717) is 0 Å². The average Bonchev–Trinajstić information content (AvgIpc) is 2.30. The molecule has 5 nitrogen and oxygen atoms in total. The van der Waals surface area contributed by atoms with Crippen LogP contribution in [0.4, 0.5) is 5.69 Å². The number of rotatable bonds is 3. The monoisotopic (exact) mass is 291 g/mol. The first-order valence-electron chi connectivity index (χ1n) is 5.53. The summed E-state index contributed by atoms with van der Waals surface area (Å²) >= 11 is 5.87. The Morgan fingerprint density at radius 1 is 1.39 bits per heavy atom. The molecule has 1 aromatic carbocycles. The predicted octanol–water partition coefficient (Wildman–Crippen LogP) is 2.08. The Bertz CT molecular complexity index is 423. The van der Waals surface area contributed by atoms with E-state index in [1.54, 1.807) is 12.1 Å². The van der Waals surface area contributed by atoms with Crippen molar-refractivity contribution >= 4 is 29.7 Å². The van der Waals surface area contributed by atoms with E-state index in [4.69, 9.17) is 11.6 Å². The highest BCUT2D eigenvalue weighted by Gasteiger charge is 2.14. The van der Waals surface area contributed by atoms with Crippen LogP contribution in [0.5, 0.6) is 0 Å². The Morgan fingerprint density at radius 2 is 2.06 bits per heavy atom. The normalized spacial score (nSPS) is 16.1. The van der Waals surface area contributed by atoms with Gasteiger partial charge in [-0.15, -0.1) is 12.4 Å². The molecule has 18 heavy (non-hydrogen) atoms. The van der Waals surface area contributed by atoms with Crippen molar-refractivity contribution in [1.29, 1.82) is 0 Å². The molecule has 1 fully saturated rings. The lowest BCUT2D eigenvalue weighted by Crippen LogP contribution is -2.42. The maximum atomic E-state index is 10.6. The Morgan fingerprint density at radius 3 is 2.61 bits per heavy atom. The van der Waals surface area contributed by atoms with E-state index in [-0.39, 0.29) is 23.1 Å². The summed E-state index contributed by atoms with van der Waals surface area (Å²) in [6, 6.07) is 4.92. The molecule has 0 aliphatic carbocycles. The van der Waals surface area contributed by atoms with Gasteiger partial charge in [-0.25, -0.2) is 0 Å².